The van der Waals surface area contributed by atoms with E-state index in [1.807, 2.05) is 60.1 Å². The van der Waals surface area contributed by atoms with Crippen molar-refractivity contribution < 1.29 is 114 Å². The number of benzene rings is 4. The van der Waals surface area contributed by atoms with Crippen LogP contribution in [0.4, 0.5) is 9.93 Å². The van der Waals surface area contributed by atoms with Crippen LogP contribution in [0.3, 0.4) is 0 Å². The molecule has 114 heavy (non-hydrogen) atoms. The lowest BCUT2D eigenvalue weighted by molar-refractivity contribution is -0.271. The fourth-order valence-electron chi connectivity index (χ4n) is 17.5. The molecule has 7 aromatic rings. The van der Waals surface area contributed by atoms with Crippen LogP contribution in [0.25, 0.3) is 43.4 Å². The van der Waals surface area contributed by atoms with Gasteiger partial charge in [-0.25, -0.2) is 24.4 Å². The number of aryl methyl sites for hydroxylation is 1. The van der Waals surface area contributed by atoms with Gasteiger partial charge in [0.1, 0.15) is 36.7 Å². The van der Waals surface area contributed by atoms with Crippen LogP contribution in [-0.4, -0.2) is 239 Å². The Morgan fingerprint density at radius 2 is 1.53 bits per heavy atom. The number of amides is 6. The van der Waals surface area contributed by atoms with E-state index >= 15 is 0 Å². The average molecular weight is 1630 g/mol. The number of imide groups is 1. The number of pyridine rings is 1. The lowest BCUT2D eigenvalue weighted by Crippen LogP contribution is -2.61. The summed E-state index contributed by atoms with van der Waals surface area (Å²) in [5.41, 5.74) is 3.14. The van der Waals surface area contributed by atoms with E-state index in [2.05, 4.69) is 29.5 Å². The minimum Gasteiger partial charge on any atom is -0.479 e. The summed E-state index contributed by atoms with van der Waals surface area (Å²) >= 11 is 1.36. The smallest absolute Gasteiger partial charge is 0.410 e. The van der Waals surface area contributed by atoms with Gasteiger partial charge in [0.25, 0.3) is 38.0 Å². The molecular formula is C78H89N9O24S3. The summed E-state index contributed by atoms with van der Waals surface area (Å²) in [5, 5.41) is 65.4. The van der Waals surface area contributed by atoms with Gasteiger partial charge in [0.15, 0.2) is 16.9 Å². The molecule has 0 radical (unpaired) electrons. The number of aromatic nitrogens is 4. The Bertz CT molecular complexity index is 5100. The summed E-state index contributed by atoms with van der Waals surface area (Å²) in [6.45, 7) is 4.36. The number of aliphatic carboxylic acids is 1. The standard InChI is InChI=1S/C78H89N9O24S3/c1-44-36-76(43-86-46(3)55(38-80-86)52-18-19-56(81-64(52)71(96)97)49-17-16-48-10-8-11-53(54(48)34-49)69(94)83-74-82-57-12-4-5-13-60(57)112-74)37-45(2)78(44)24-22-77(42-76,23-25-78)109-29-27-84(28-31-113(101,102)103)75(100)108-40-50-15-14-47(33-59(50)110-73-67(93)65(91)66(92)68(111-73)72(98)99)9-6-7-26-79-61(88)39-85-51(41-107-30-32-114(104,105)106)35-58(70(85)95)87-62(89)20-21-63(87)90/h4-5,8,10-21,33-34,38,44-45,51,58,65-68,73,91-93H,6-7,9,22-32,35-37,39-43H2,1-3H3,(H,79,88)(H,96,97)(H,98,99)(H,82,83,94)(H,101,102,103)(H,104,105,106)/t44?,45?,51-,58-,65-,66-,67+,68-,73+,76?,77?,78?/m0/s1. The number of likely N-dealkylation sites (tertiary alicyclic amines) is 1. The number of anilines is 1. The van der Waals surface area contributed by atoms with Crippen LogP contribution in [0.1, 0.15) is 116 Å². The van der Waals surface area contributed by atoms with E-state index in [0.29, 0.717) is 94.5 Å². The van der Waals surface area contributed by atoms with Crippen molar-refractivity contribution in [2.24, 2.45) is 22.7 Å². The number of para-hydroxylation sites is 1. The fraction of sp³-hybridized carbons (Fsp3) is 0.474. The summed E-state index contributed by atoms with van der Waals surface area (Å²) in [6.07, 6.45) is -1.27. The van der Waals surface area contributed by atoms with Crippen molar-refractivity contribution in [2.75, 3.05) is 62.8 Å². The third-order valence-electron chi connectivity index (χ3n) is 23.3. The molecule has 6 aliphatic carbocycles. The molecule has 4 aromatic carbocycles. The molecule has 3 aliphatic heterocycles. The predicted molar refractivity (Wildman–Crippen MR) is 410 cm³/mol. The molecule has 1 spiro atoms. The highest BCUT2D eigenvalue weighted by Crippen LogP contribution is 2.66. The van der Waals surface area contributed by atoms with E-state index in [1.165, 1.54) is 23.5 Å². The van der Waals surface area contributed by atoms with Gasteiger partial charge in [-0.2, -0.15) is 21.9 Å². The largest absolute Gasteiger partial charge is 0.479 e. The zero-order chi connectivity index (χ0) is 81.3. The van der Waals surface area contributed by atoms with Crippen LogP contribution in [0.2, 0.25) is 0 Å². The Labute approximate surface area is 659 Å². The summed E-state index contributed by atoms with van der Waals surface area (Å²) in [6, 6.07) is 24.4. The van der Waals surface area contributed by atoms with Gasteiger partial charge in [-0.15, -0.1) is 0 Å². The quantitative estimate of drug-likeness (QED) is 0.0124. The van der Waals surface area contributed by atoms with Gasteiger partial charge in [-0.3, -0.25) is 48.0 Å². The Balaban J connectivity index is 0.672. The zero-order valence-electron chi connectivity index (χ0n) is 62.6. The minimum absolute atomic E-state index is 0.00485. The number of ether oxygens (including phenoxy) is 5. The summed E-state index contributed by atoms with van der Waals surface area (Å²) in [7, 11) is -9.04. The molecular weight excluding hydrogens is 1540 g/mol. The molecule has 3 bridgehead atoms. The van der Waals surface area contributed by atoms with Gasteiger partial charge in [0.2, 0.25) is 18.1 Å². The van der Waals surface area contributed by atoms with Crippen molar-refractivity contribution in [1.82, 2.24) is 39.8 Å². The van der Waals surface area contributed by atoms with Crippen LogP contribution in [0, 0.1) is 29.6 Å². The second-order valence-electron chi connectivity index (χ2n) is 30.6. The number of rotatable bonds is 32. The summed E-state index contributed by atoms with van der Waals surface area (Å²) in [4.78, 5) is 118. The number of aromatic carboxylic acids is 1. The highest BCUT2D eigenvalue weighted by molar-refractivity contribution is 7.86. The third kappa shape index (κ3) is 18.0. The van der Waals surface area contributed by atoms with E-state index < -0.39 is 154 Å². The molecule has 8 fully saturated rings. The van der Waals surface area contributed by atoms with Gasteiger partial charge in [0, 0.05) is 78.3 Å². The molecule has 2 saturated heterocycles. The Kier molecular flexibility index (Phi) is 24.3. The second-order valence-corrected chi connectivity index (χ2v) is 34.8. The molecule has 2 unspecified atom stereocenters. The van der Waals surface area contributed by atoms with Crippen molar-refractivity contribution in [2.45, 2.75) is 153 Å². The van der Waals surface area contributed by atoms with Crippen LogP contribution in [0.15, 0.2) is 109 Å². The van der Waals surface area contributed by atoms with Gasteiger partial charge < -0.3 is 64.3 Å². The van der Waals surface area contributed by atoms with Gasteiger partial charge >= 0.3 is 18.0 Å². The van der Waals surface area contributed by atoms with E-state index in [4.69, 9.17) is 38.3 Å². The number of unbranched alkanes of at least 4 members (excludes halogenated alkanes) is 1. The number of nitrogens with one attached hydrogen (secondary N) is 2. The van der Waals surface area contributed by atoms with Crippen molar-refractivity contribution in [3.8, 4) is 28.1 Å². The molecule has 9 aliphatic rings. The lowest BCUT2D eigenvalue weighted by Gasteiger charge is -2.64. The van der Waals surface area contributed by atoms with Crippen molar-refractivity contribution in [3.63, 3.8) is 0 Å². The number of aliphatic hydroxyl groups is 3. The van der Waals surface area contributed by atoms with E-state index in [0.717, 1.165) is 73.8 Å². The third-order valence-corrected chi connectivity index (χ3v) is 25.6. The van der Waals surface area contributed by atoms with Crippen LogP contribution in [-0.2, 0) is 82.7 Å². The maximum atomic E-state index is 14.4. The summed E-state index contributed by atoms with van der Waals surface area (Å²) < 4.78 is 99.0. The summed E-state index contributed by atoms with van der Waals surface area (Å²) in [5.74, 6) is -7.23. The van der Waals surface area contributed by atoms with Gasteiger partial charge in [-0.1, -0.05) is 73.7 Å². The van der Waals surface area contributed by atoms with E-state index in [1.54, 1.807) is 36.5 Å². The molecule has 6 amide bonds. The van der Waals surface area contributed by atoms with Crippen molar-refractivity contribution in [3.05, 3.63) is 137 Å². The monoisotopic (exact) mass is 1630 g/mol. The lowest BCUT2D eigenvalue weighted by atomic mass is 9.43. The van der Waals surface area contributed by atoms with E-state index in [9.17, 15) is 85.3 Å². The first kappa shape index (κ1) is 82.3. The van der Waals surface area contributed by atoms with Crippen molar-refractivity contribution in [1.29, 1.82) is 0 Å². The number of carboxylic acid groups (broad SMARTS) is 2. The molecule has 608 valence electrons. The average Bonchev–Trinajstić information content (AvgIpc) is 0.750. The maximum Gasteiger partial charge on any atom is 0.410 e. The number of thiazole rings is 1. The Morgan fingerprint density at radius 3 is 2.24 bits per heavy atom. The highest BCUT2D eigenvalue weighted by Gasteiger charge is 2.61. The molecule has 36 heteroatoms. The van der Waals surface area contributed by atoms with Crippen LogP contribution >= 0.6 is 11.3 Å². The topological polar surface area (TPSA) is 470 Å². The SMILES string of the molecule is Cc1c(-c2ccc(-c3ccc4cccc(C(=O)Nc5nc6ccccc6s5)c4c3)nc2C(=O)O)cnn1CC12CC(C)C3(CCC(OCCN(CCS(=O)(=O)O)C(=O)OCc4ccc(CCCCNC(=O)CN5C(=O)[C@@H](N6C(=O)C=CC6=O)C[C@H]5COCCS(=O)(=O)O)cc4O[C@@H]4O[C@H](C(=O)O)[C@@H](O)[C@H](O)[C@H]4O)(CC3)C1)C(C)C2. The fourth-order valence-corrected chi connectivity index (χ4v) is 19.2. The first-order valence-electron chi connectivity index (χ1n) is 37.5. The van der Waals surface area contributed by atoms with Gasteiger partial charge in [-0.05, 0) is 153 Å². The number of hydrogen-bond donors (Lipinski definition) is 9. The molecule has 6 saturated carbocycles. The Hall–Kier alpha value is -9.73. The number of aliphatic hydroxyl groups excluding tert-OH is 3. The number of nitrogens with zero attached hydrogens (tertiary/aromatic N) is 7. The molecule has 6 heterocycles. The van der Waals surface area contributed by atoms with Crippen molar-refractivity contribution >= 4 is 105 Å². The maximum absolute atomic E-state index is 14.4. The zero-order valence-corrected chi connectivity index (χ0v) is 65.0. The molecule has 9 atom stereocenters. The second kappa shape index (κ2) is 33.6. The molecule has 3 aromatic heterocycles. The minimum atomic E-state index is -4.66. The normalized spacial score (nSPS) is 25.5. The highest BCUT2D eigenvalue weighted by atomic mass is 32.2. The first-order valence-corrected chi connectivity index (χ1v) is 41.6. The number of carbonyl (C=O) groups excluding carboxylic acids is 6. The Morgan fingerprint density at radius 1 is 0.789 bits per heavy atom. The number of carboxylic acids is 2. The predicted octanol–water partition coefficient (Wildman–Crippen LogP) is 6.44. The molecule has 9 N–H and O–H groups in total. The first-order chi connectivity index (χ1) is 54.2. The molecule has 16 rings (SSSR count). The molecule has 33 nitrogen and oxygen atoms in total. The number of hydrogen-bond acceptors (Lipinski definition) is 24. The number of carbonyl (C=O) groups is 8. The van der Waals surface area contributed by atoms with Crippen LogP contribution < -0.4 is 15.4 Å². The van der Waals surface area contributed by atoms with Gasteiger partial charge in [0.05, 0.1) is 71.6 Å². The number of fused-ring (bicyclic) bond motifs is 2. The van der Waals surface area contributed by atoms with Crippen LogP contribution in [0.5, 0.6) is 5.75 Å². The van der Waals surface area contributed by atoms with E-state index in [-0.39, 0.29) is 67.5 Å².